The van der Waals surface area contributed by atoms with Gasteiger partial charge in [-0.3, -0.25) is 9.59 Å². The van der Waals surface area contributed by atoms with Gasteiger partial charge in [0.2, 0.25) is 0 Å². The van der Waals surface area contributed by atoms with Crippen molar-refractivity contribution in [2.24, 2.45) is 34.5 Å². The van der Waals surface area contributed by atoms with E-state index in [0.29, 0.717) is 19.4 Å². The number of ketones is 2. The third-order valence-electron chi connectivity index (χ3n) is 9.19. The van der Waals surface area contributed by atoms with Crippen molar-refractivity contribution in [1.82, 2.24) is 0 Å². The normalized spacial score (nSPS) is 46.2. The highest BCUT2D eigenvalue weighted by Gasteiger charge is 2.71. The smallest absolute Gasteiger partial charge is 0.178 e. The molecule has 0 aliphatic heterocycles. The molecule has 32 heavy (non-hydrogen) atoms. The maximum absolute atomic E-state index is 17.1. The summed E-state index contributed by atoms with van der Waals surface area (Å²) in [6.45, 7) is 10.1. The lowest BCUT2D eigenvalue weighted by atomic mass is 9.45. The van der Waals surface area contributed by atoms with E-state index in [1.54, 1.807) is 19.1 Å². The second-order valence-corrected chi connectivity index (χ2v) is 10.8. The molecule has 0 unspecified atom stereocenters. The molecule has 178 valence electrons. The zero-order chi connectivity index (χ0) is 23.5. The van der Waals surface area contributed by atoms with Crippen LogP contribution in [0.3, 0.4) is 0 Å². The van der Waals surface area contributed by atoms with Crippen LogP contribution in [-0.2, 0) is 19.1 Å². The molecular formula is C26H37FO5. The predicted molar refractivity (Wildman–Crippen MR) is 118 cm³/mol. The summed E-state index contributed by atoms with van der Waals surface area (Å²) in [5, 5.41) is 11.3. The third kappa shape index (κ3) is 3.28. The average molecular weight is 449 g/mol. The summed E-state index contributed by atoms with van der Waals surface area (Å²) < 4.78 is 28.1. The number of rotatable bonds is 6. The van der Waals surface area contributed by atoms with E-state index in [2.05, 4.69) is 13.8 Å². The van der Waals surface area contributed by atoms with E-state index < -0.39 is 28.9 Å². The topological polar surface area (TPSA) is 72.8 Å². The number of Topliss-reactive ketones (excluding diaryl/α,β-unsaturated/α-hetero) is 1. The lowest BCUT2D eigenvalue weighted by Crippen LogP contribution is -2.66. The number of allylic oxidation sites excluding steroid dienone is 4. The van der Waals surface area contributed by atoms with E-state index in [-0.39, 0.29) is 48.3 Å². The van der Waals surface area contributed by atoms with Crippen LogP contribution in [0.4, 0.5) is 4.39 Å². The van der Waals surface area contributed by atoms with Gasteiger partial charge in [0.05, 0.1) is 6.10 Å². The highest BCUT2D eigenvalue weighted by molar-refractivity contribution is 6.01. The lowest BCUT2D eigenvalue weighted by molar-refractivity contribution is -0.197. The minimum Gasteiger partial charge on any atom is -0.390 e. The summed E-state index contributed by atoms with van der Waals surface area (Å²) in [7, 11) is 0. The van der Waals surface area contributed by atoms with E-state index in [1.807, 2.05) is 13.8 Å². The summed E-state index contributed by atoms with van der Waals surface area (Å²) in [5.41, 5.74) is -2.55. The van der Waals surface area contributed by atoms with Gasteiger partial charge in [0.1, 0.15) is 6.61 Å². The van der Waals surface area contributed by atoms with E-state index in [9.17, 15) is 14.7 Å². The van der Waals surface area contributed by atoms with Crippen molar-refractivity contribution in [2.45, 2.75) is 78.4 Å². The molecule has 3 fully saturated rings. The van der Waals surface area contributed by atoms with E-state index in [1.165, 1.54) is 6.08 Å². The van der Waals surface area contributed by atoms with Crippen LogP contribution in [0.25, 0.3) is 0 Å². The summed E-state index contributed by atoms with van der Waals surface area (Å²) >= 11 is 0. The largest absolute Gasteiger partial charge is 0.390 e. The Morgan fingerprint density at radius 3 is 2.72 bits per heavy atom. The number of hydrogen-bond donors (Lipinski definition) is 1. The number of fused-ring (bicyclic) bond motifs is 5. The number of hydrogen-bond acceptors (Lipinski definition) is 5. The molecular weight excluding hydrogens is 411 g/mol. The number of carbonyl (C=O) groups excluding carboxylic acids is 2. The first-order valence-electron chi connectivity index (χ1n) is 12.1. The molecule has 0 radical (unpaired) electrons. The van der Waals surface area contributed by atoms with Gasteiger partial charge in [0.25, 0.3) is 0 Å². The molecule has 0 amide bonds. The molecule has 0 bridgehead atoms. The maximum Gasteiger partial charge on any atom is 0.178 e. The fourth-order valence-corrected chi connectivity index (χ4v) is 7.84. The second-order valence-electron chi connectivity index (χ2n) is 10.8. The molecule has 6 heteroatoms. The van der Waals surface area contributed by atoms with Gasteiger partial charge in [-0.2, -0.15) is 0 Å². The number of halogens is 1. The van der Waals surface area contributed by atoms with Crippen molar-refractivity contribution in [1.29, 1.82) is 0 Å². The molecule has 0 aromatic carbocycles. The molecule has 1 N–H and O–H groups in total. The average Bonchev–Trinajstić information content (AvgIpc) is 2.98. The van der Waals surface area contributed by atoms with Crippen LogP contribution in [0.15, 0.2) is 23.8 Å². The Balaban J connectivity index is 1.63. The number of aliphatic hydroxyl groups excluding tert-OH is 1. The Bertz CT molecular complexity index is 851. The van der Waals surface area contributed by atoms with Crippen molar-refractivity contribution in [3.8, 4) is 0 Å². The standard InChI is InChI=1S/C26H37FO5/c1-6-31-16(3)32-14-21(29)23-15(2)11-20-19-8-7-17-12-18(28)9-10-25(17,5)26(19,27)22(30)13-24(20,23)4/h9-10,12,15-16,19-20,22-23,30H,6-8,11,13-14H2,1-5H3/t15-,16-,19+,20+,22+,23-,24+,25+,26+/m1/s1. The van der Waals surface area contributed by atoms with Gasteiger partial charge in [-0.25, -0.2) is 4.39 Å². The second kappa shape index (κ2) is 8.14. The predicted octanol–water partition coefficient (Wildman–Crippen LogP) is 4.19. The van der Waals surface area contributed by atoms with Crippen LogP contribution in [0.1, 0.15) is 60.3 Å². The molecule has 9 atom stereocenters. The molecule has 4 aliphatic carbocycles. The zero-order valence-electron chi connectivity index (χ0n) is 19.9. The van der Waals surface area contributed by atoms with Gasteiger partial charge in [0, 0.05) is 23.9 Å². The van der Waals surface area contributed by atoms with Gasteiger partial charge in [-0.1, -0.05) is 25.5 Å². The van der Waals surface area contributed by atoms with Crippen LogP contribution in [0.2, 0.25) is 0 Å². The SMILES string of the molecule is CCO[C@@H](C)OCC(=O)[C@H]1[C@H](C)C[C@H]2[C@@H]3CCC4=CC(=O)C=C[C@]4(C)[C@@]3(F)[C@@H](O)C[C@@]21C. The molecule has 0 aromatic heterocycles. The number of aliphatic hydroxyl groups is 1. The third-order valence-corrected chi connectivity index (χ3v) is 9.19. The molecule has 5 nitrogen and oxygen atoms in total. The van der Waals surface area contributed by atoms with Crippen molar-refractivity contribution < 1.29 is 28.6 Å². The Kier molecular flexibility index (Phi) is 6.05. The Morgan fingerprint density at radius 2 is 2.03 bits per heavy atom. The van der Waals surface area contributed by atoms with Crippen LogP contribution < -0.4 is 0 Å². The van der Waals surface area contributed by atoms with Gasteiger partial charge in [-0.15, -0.1) is 0 Å². The minimum atomic E-state index is -1.85. The molecule has 0 spiro atoms. The Morgan fingerprint density at radius 1 is 1.31 bits per heavy atom. The zero-order valence-corrected chi connectivity index (χ0v) is 19.9. The van der Waals surface area contributed by atoms with E-state index in [4.69, 9.17) is 9.47 Å². The molecule has 4 aliphatic rings. The number of carbonyl (C=O) groups is 2. The molecule has 3 saturated carbocycles. The fraction of sp³-hybridized carbons (Fsp3) is 0.769. The molecule has 0 heterocycles. The van der Waals surface area contributed by atoms with Crippen LogP contribution in [0.5, 0.6) is 0 Å². The number of ether oxygens (including phenoxy) is 2. The Hall–Kier alpha value is -1.37. The quantitative estimate of drug-likeness (QED) is 0.617. The van der Waals surface area contributed by atoms with Crippen molar-refractivity contribution in [3.63, 3.8) is 0 Å². The Labute approximate surface area is 190 Å². The monoisotopic (exact) mass is 448 g/mol. The van der Waals surface area contributed by atoms with Gasteiger partial charge >= 0.3 is 0 Å². The minimum absolute atomic E-state index is 0.00596. The summed E-state index contributed by atoms with van der Waals surface area (Å²) in [6.07, 6.45) is 5.23. The first-order valence-corrected chi connectivity index (χ1v) is 12.1. The summed E-state index contributed by atoms with van der Waals surface area (Å²) in [6, 6.07) is 0. The summed E-state index contributed by atoms with van der Waals surface area (Å²) in [4.78, 5) is 25.2. The number of alkyl halides is 1. The van der Waals surface area contributed by atoms with Crippen LogP contribution in [-0.4, -0.2) is 47.9 Å². The first kappa shape index (κ1) is 23.8. The van der Waals surface area contributed by atoms with Gasteiger partial charge in [0.15, 0.2) is 23.5 Å². The van der Waals surface area contributed by atoms with Crippen LogP contribution in [0, 0.1) is 34.5 Å². The summed E-state index contributed by atoms with van der Waals surface area (Å²) in [5.74, 6) is -0.664. The van der Waals surface area contributed by atoms with E-state index in [0.717, 1.165) is 12.0 Å². The van der Waals surface area contributed by atoms with Gasteiger partial charge < -0.3 is 14.6 Å². The molecule has 4 rings (SSSR count). The van der Waals surface area contributed by atoms with Gasteiger partial charge in [-0.05, 0) is 75.9 Å². The van der Waals surface area contributed by atoms with Crippen molar-refractivity contribution in [2.75, 3.05) is 13.2 Å². The highest BCUT2D eigenvalue weighted by atomic mass is 19.1. The molecule has 0 saturated heterocycles. The van der Waals surface area contributed by atoms with Crippen molar-refractivity contribution in [3.05, 3.63) is 23.8 Å². The van der Waals surface area contributed by atoms with Crippen LogP contribution >= 0.6 is 0 Å². The molecule has 0 aromatic rings. The van der Waals surface area contributed by atoms with E-state index >= 15 is 4.39 Å². The van der Waals surface area contributed by atoms with Crippen molar-refractivity contribution >= 4 is 11.6 Å². The first-order chi connectivity index (χ1) is 15.0. The fourth-order valence-electron chi connectivity index (χ4n) is 7.84. The highest BCUT2D eigenvalue weighted by Crippen LogP contribution is 2.69. The maximum atomic E-state index is 17.1. The lowest BCUT2D eigenvalue weighted by Gasteiger charge is -2.62.